The number of nitrogens with zero attached hydrogens (tertiary/aromatic N) is 1. The molecule has 0 spiro atoms. The monoisotopic (exact) mass is 262 g/mol. The van der Waals surface area contributed by atoms with Gasteiger partial charge in [-0.15, -0.1) is 11.3 Å². The summed E-state index contributed by atoms with van der Waals surface area (Å²) < 4.78 is 5.79. The molecule has 0 amide bonds. The second-order valence-corrected chi connectivity index (χ2v) is 5.13. The Kier molecular flexibility index (Phi) is 4.33. The lowest BCUT2D eigenvalue weighted by molar-refractivity contribution is 0.298. The van der Waals surface area contributed by atoms with Crippen LogP contribution >= 0.6 is 11.3 Å². The Bertz CT molecular complexity index is 522. The fourth-order valence-electron chi connectivity index (χ4n) is 1.74. The average Bonchev–Trinajstić information content (AvgIpc) is 2.85. The van der Waals surface area contributed by atoms with E-state index in [1.807, 2.05) is 12.1 Å². The second kappa shape index (κ2) is 5.98. The molecule has 3 nitrogen and oxygen atoms in total. The first-order chi connectivity index (χ1) is 8.72. The molecule has 0 aliphatic carbocycles. The molecule has 0 saturated carbocycles. The third kappa shape index (κ3) is 3.09. The summed E-state index contributed by atoms with van der Waals surface area (Å²) in [6.07, 6.45) is 0.975. The van der Waals surface area contributed by atoms with Crippen LogP contribution in [0.1, 0.15) is 28.8 Å². The van der Waals surface area contributed by atoms with E-state index in [0.29, 0.717) is 13.2 Å². The minimum Gasteiger partial charge on any atom is -0.487 e. The van der Waals surface area contributed by atoms with Crippen LogP contribution < -0.4 is 10.5 Å². The molecule has 0 atom stereocenters. The van der Waals surface area contributed by atoms with Gasteiger partial charge in [0, 0.05) is 17.5 Å². The largest absolute Gasteiger partial charge is 0.487 e. The van der Waals surface area contributed by atoms with E-state index in [4.69, 9.17) is 10.5 Å². The number of nitrogens with two attached hydrogens (primary N) is 1. The third-order valence-corrected chi connectivity index (χ3v) is 3.76. The van der Waals surface area contributed by atoms with Gasteiger partial charge >= 0.3 is 0 Å². The molecular weight excluding hydrogens is 244 g/mol. The number of rotatable bonds is 5. The molecule has 2 rings (SSSR count). The summed E-state index contributed by atoms with van der Waals surface area (Å²) in [5.41, 5.74) is 8.95. The second-order valence-electron chi connectivity index (χ2n) is 4.19. The van der Waals surface area contributed by atoms with Gasteiger partial charge in [-0.2, -0.15) is 0 Å². The van der Waals surface area contributed by atoms with Crippen LogP contribution in [0.2, 0.25) is 0 Å². The topological polar surface area (TPSA) is 48.1 Å². The number of hydrogen-bond donors (Lipinski definition) is 1. The van der Waals surface area contributed by atoms with E-state index in [9.17, 15) is 0 Å². The molecule has 0 bridgehead atoms. The molecule has 0 radical (unpaired) electrons. The third-order valence-electron chi connectivity index (χ3n) is 2.71. The van der Waals surface area contributed by atoms with Gasteiger partial charge in [-0.25, -0.2) is 4.98 Å². The van der Waals surface area contributed by atoms with Crippen LogP contribution in [0, 0.1) is 6.92 Å². The lowest BCUT2D eigenvalue weighted by Gasteiger charge is -2.10. The Morgan fingerprint density at radius 1 is 1.39 bits per heavy atom. The summed E-state index contributed by atoms with van der Waals surface area (Å²) in [7, 11) is 0. The Balaban J connectivity index is 2.05. The first kappa shape index (κ1) is 13.1. The summed E-state index contributed by atoms with van der Waals surface area (Å²) in [5, 5.41) is 3.20. The van der Waals surface area contributed by atoms with Crippen LogP contribution in [0.15, 0.2) is 23.6 Å². The highest BCUT2D eigenvalue weighted by Crippen LogP contribution is 2.21. The first-order valence-electron chi connectivity index (χ1n) is 6.08. The summed E-state index contributed by atoms with van der Waals surface area (Å²) in [4.78, 5) is 4.48. The molecule has 4 heteroatoms. The van der Waals surface area contributed by atoms with E-state index in [2.05, 4.69) is 30.3 Å². The number of aryl methyl sites for hydroxylation is 2. The predicted octanol–water partition coefficient (Wildman–Crippen LogP) is 3.05. The van der Waals surface area contributed by atoms with Gasteiger partial charge in [-0.3, -0.25) is 0 Å². The minimum atomic E-state index is 0.494. The maximum atomic E-state index is 5.79. The molecule has 0 unspecified atom stereocenters. The van der Waals surface area contributed by atoms with E-state index >= 15 is 0 Å². The van der Waals surface area contributed by atoms with Gasteiger partial charge in [0.1, 0.15) is 12.4 Å². The molecule has 2 N–H and O–H groups in total. The predicted molar refractivity (Wildman–Crippen MR) is 74.9 cm³/mol. The Morgan fingerprint density at radius 3 is 2.89 bits per heavy atom. The molecule has 96 valence electrons. The van der Waals surface area contributed by atoms with Gasteiger partial charge in [-0.05, 0) is 19.4 Å². The number of aromatic nitrogens is 1. The van der Waals surface area contributed by atoms with Gasteiger partial charge in [0.05, 0.1) is 10.7 Å². The Morgan fingerprint density at radius 2 is 2.22 bits per heavy atom. The molecule has 1 aromatic heterocycles. The van der Waals surface area contributed by atoms with E-state index in [1.54, 1.807) is 11.3 Å². The lowest BCUT2D eigenvalue weighted by atomic mass is 10.1. The highest BCUT2D eigenvalue weighted by molar-refractivity contribution is 7.09. The van der Waals surface area contributed by atoms with Crippen molar-refractivity contribution in [3.8, 4) is 5.75 Å². The quantitative estimate of drug-likeness (QED) is 0.901. The maximum absolute atomic E-state index is 5.79. The molecule has 0 fully saturated rings. The van der Waals surface area contributed by atoms with Crippen LogP contribution in [0.25, 0.3) is 0 Å². The van der Waals surface area contributed by atoms with Crippen molar-refractivity contribution in [1.29, 1.82) is 0 Å². The zero-order chi connectivity index (χ0) is 13.0. The SMILES string of the molecule is CCc1nc(COc2ccc(C)cc2CN)cs1. The maximum Gasteiger partial charge on any atom is 0.131 e. The van der Waals surface area contributed by atoms with Crippen molar-refractivity contribution in [3.05, 3.63) is 45.4 Å². The van der Waals surface area contributed by atoms with E-state index < -0.39 is 0 Å². The fourth-order valence-corrected chi connectivity index (χ4v) is 2.47. The molecule has 1 heterocycles. The van der Waals surface area contributed by atoms with Gasteiger partial charge in [-0.1, -0.05) is 24.6 Å². The summed E-state index contributed by atoms with van der Waals surface area (Å²) in [5.74, 6) is 0.856. The van der Waals surface area contributed by atoms with Crippen molar-refractivity contribution in [2.24, 2.45) is 5.73 Å². The van der Waals surface area contributed by atoms with Crippen LogP contribution in [-0.2, 0) is 19.6 Å². The number of benzene rings is 1. The summed E-state index contributed by atoms with van der Waals surface area (Å²) in [6.45, 7) is 5.16. The molecule has 0 aliphatic rings. The zero-order valence-corrected chi connectivity index (χ0v) is 11.6. The highest BCUT2D eigenvalue weighted by atomic mass is 32.1. The molecule has 18 heavy (non-hydrogen) atoms. The van der Waals surface area contributed by atoms with Gasteiger partial charge < -0.3 is 10.5 Å². The van der Waals surface area contributed by atoms with E-state index in [-0.39, 0.29) is 0 Å². The highest BCUT2D eigenvalue weighted by Gasteiger charge is 2.05. The van der Waals surface area contributed by atoms with Gasteiger partial charge in [0.2, 0.25) is 0 Å². The molecule has 2 aromatic rings. The normalized spacial score (nSPS) is 10.6. The molecular formula is C14H18N2OS. The number of hydrogen-bond acceptors (Lipinski definition) is 4. The smallest absolute Gasteiger partial charge is 0.131 e. The van der Waals surface area contributed by atoms with Crippen LogP contribution in [0.4, 0.5) is 0 Å². The van der Waals surface area contributed by atoms with Gasteiger partial charge in [0.15, 0.2) is 0 Å². The molecule has 0 saturated heterocycles. The lowest BCUT2D eigenvalue weighted by Crippen LogP contribution is -2.03. The first-order valence-corrected chi connectivity index (χ1v) is 6.96. The van der Waals surface area contributed by atoms with Crippen molar-refractivity contribution in [1.82, 2.24) is 4.98 Å². The van der Waals surface area contributed by atoms with E-state index in [0.717, 1.165) is 28.4 Å². The summed E-state index contributed by atoms with van der Waals surface area (Å²) >= 11 is 1.68. The average molecular weight is 262 g/mol. The Labute approximate surface area is 112 Å². The molecule has 0 aliphatic heterocycles. The van der Waals surface area contributed by atoms with Crippen molar-refractivity contribution in [2.45, 2.75) is 33.4 Å². The van der Waals surface area contributed by atoms with E-state index in [1.165, 1.54) is 5.56 Å². The number of thiazole rings is 1. The van der Waals surface area contributed by atoms with Crippen LogP contribution in [-0.4, -0.2) is 4.98 Å². The van der Waals surface area contributed by atoms with Crippen LogP contribution in [0.5, 0.6) is 5.75 Å². The number of ether oxygens (including phenoxy) is 1. The Hall–Kier alpha value is -1.39. The van der Waals surface area contributed by atoms with Gasteiger partial charge in [0.25, 0.3) is 0 Å². The summed E-state index contributed by atoms with van der Waals surface area (Å²) in [6, 6.07) is 6.07. The van der Waals surface area contributed by atoms with Crippen LogP contribution in [0.3, 0.4) is 0 Å². The zero-order valence-electron chi connectivity index (χ0n) is 10.8. The van der Waals surface area contributed by atoms with Crippen molar-refractivity contribution >= 4 is 11.3 Å². The van der Waals surface area contributed by atoms with Crippen molar-refractivity contribution in [2.75, 3.05) is 0 Å². The minimum absolute atomic E-state index is 0.494. The van der Waals surface area contributed by atoms with Crippen molar-refractivity contribution in [3.63, 3.8) is 0 Å². The standard InChI is InChI=1S/C14H18N2OS/c1-3-14-16-12(9-18-14)8-17-13-5-4-10(2)6-11(13)7-15/h4-6,9H,3,7-8,15H2,1-2H3. The van der Waals surface area contributed by atoms with Crippen molar-refractivity contribution < 1.29 is 4.74 Å². The molecule has 1 aromatic carbocycles. The fraction of sp³-hybridized carbons (Fsp3) is 0.357.